The van der Waals surface area contributed by atoms with Crippen molar-refractivity contribution in [3.63, 3.8) is 0 Å². The molecule has 1 aliphatic heterocycles. The summed E-state index contributed by atoms with van der Waals surface area (Å²) in [5, 5.41) is 10.3. The van der Waals surface area contributed by atoms with E-state index in [1.165, 1.54) is 0 Å². The van der Waals surface area contributed by atoms with Crippen LogP contribution in [0.2, 0.25) is 0 Å². The fraction of sp³-hybridized carbons (Fsp3) is 0.429. The highest BCUT2D eigenvalue weighted by atomic mass is 16.8. The normalized spacial score (nSPS) is 28.9. The molecule has 0 aliphatic carbocycles. The maximum Gasteiger partial charge on any atom is 0.164 e. The van der Waals surface area contributed by atoms with Gasteiger partial charge in [0, 0.05) is 0 Å². The topological polar surface area (TPSA) is 38.7 Å². The fourth-order valence-corrected chi connectivity index (χ4v) is 2.08. The van der Waals surface area contributed by atoms with Crippen LogP contribution in [-0.2, 0) is 9.47 Å². The van der Waals surface area contributed by atoms with Gasteiger partial charge in [0.25, 0.3) is 0 Å². The first-order valence-electron chi connectivity index (χ1n) is 5.75. The molecule has 1 saturated heterocycles. The lowest BCUT2D eigenvalue weighted by Crippen LogP contribution is -2.28. The minimum absolute atomic E-state index is 0.291. The molecule has 1 N–H and O–H groups in total. The minimum Gasteiger partial charge on any atom is -0.386 e. The summed E-state index contributed by atoms with van der Waals surface area (Å²) in [6, 6.07) is 9.45. The van der Waals surface area contributed by atoms with E-state index >= 15 is 0 Å². The van der Waals surface area contributed by atoms with Gasteiger partial charge in [0.05, 0.1) is 0 Å². The Hall–Kier alpha value is -1.16. The molecule has 17 heavy (non-hydrogen) atoms. The van der Waals surface area contributed by atoms with E-state index in [-0.39, 0.29) is 6.10 Å². The van der Waals surface area contributed by atoms with Crippen LogP contribution >= 0.6 is 0 Å². The second-order valence-electron chi connectivity index (χ2n) is 4.66. The lowest BCUT2D eigenvalue weighted by atomic mass is 10.0. The van der Waals surface area contributed by atoms with Crippen molar-refractivity contribution in [3.8, 4) is 0 Å². The summed E-state index contributed by atoms with van der Waals surface area (Å²) in [6.45, 7) is 7.39. The molecule has 1 aromatic rings. The molecule has 92 valence electrons. The first-order chi connectivity index (χ1) is 8.03. The summed E-state index contributed by atoms with van der Waals surface area (Å²) in [5.41, 5.74) is 0.825. The van der Waals surface area contributed by atoms with E-state index in [0.29, 0.717) is 0 Å². The number of aliphatic hydroxyl groups excluding tert-OH is 1. The average Bonchev–Trinajstić information content (AvgIpc) is 2.65. The quantitative estimate of drug-likeness (QED) is 0.816. The highest BCUT2D eigenvalue weighted by molar-refractivity contribution is 5.20. The molecule has 1 aliphatic rings. The molecule has 3 atom stereocenters. The second-order valence-corrected chi connectivity index (χ2v) is 4.66. The lowest BCUT2D eigenvalue weighted by molar-refractivity contribution is -0.153. The predicted molar refractivity (Wildman–Crippen MR) is 65.4 cm³/mol. The molecule has 0 aromatic heterocycles. The highest BCUT2D eigenvalue weighted by Gasteiger charge is 2.43. The fourth-order valence-electron chi connectivity index (χ4n) is 2.08. The zero-order valence-corrected chi connectivity index (χ0v) is 10.2. The molecule has 3 nitrogen and oxygen atoms in total. The maximum absolute atomic E-state index is 10.3. The second kappa shape index (κ2) is 4.61. The van der Waals surface area contributed by atoms with Gasteiger partial charge in [-0.15, -0.1) is 6.58 Å². The number of ether oxygens (including phenoxy) is 2. The molecule has 0 saturated carbocycles. The van der Waals surface area contributed by atoms with Crippen LogP contribution < -0.4 is 0 Å². The molecule has 1 heterocycles. The molecule has 0 radical (unpaired) electrons. The Bertz CT molecular complexity index is 386. The third kappa shape index (κ3) is 2.57. The minimum atomic E-state index is -0.707. The first-order valence-corrected chi connectivity index (χ1v) is 5.75. The predicted octanol–water partition coefficient (Wildman–Crippen LogP) is 2.43. The van der Waals surface area contributed by atoms with Crippen molar-refractivity contribution in [1.82, 2.24) is 0 Å². The number of rotatable bonds is 3. The van der Waals surface area contributed by atoms with Crippen molar-refractivity contribution in [1.29, 1.82) is 0 Å². The summed E-state index contributed by atoms with van der Waals surface area (Å²) in [6.07, 6.45) is 0.261. The third-order valence-electron chi connectivity index (χ3n) is 2.85. The third-order valence-corrected chi connectivity index (χ3v) is 2.85. The Labute approximate surface area is 102 Å². The van der Waals surface area contributed by atoms with Crippen LogP contribution in [0.5, 0.6) is 0 Å². The lowest BCUT2D eigenvalue weighted by Gasteiger charge is -2.21. The Kier molecular flexibility index (Phi) is 3.33. The van der Waals surface area contributed by atoms with Gasteiger partial charge in [0.1, 0.15) is 18.3 Å². The smallest absolute Gasteiger partial charge is 0.164 e. The number of benzene rings is 1. The molecular formula is C14H18O3. The highest BCUT2D eigenvalue weighted by Crippen LogP contribution is 2.35. The Morgan fingerprint density at radius 1 is 1.29 bits per heavy atom. The zero-order chi connectivity index (χ0) is 12.5. The van der Waals surface area contributed by atoms with Gasteiger partial charge < -0.3 is 14.6 Å². The largest absolute Gasteiger partial charge is 0.386 e. The van der Waals surface area contributed by atoms with Gasteiger partial charge in [0.2, 0.25) is 0 Å². The van der Waals surface area contributed by atoms with Crippen LogP contribution in [-0.4, -0.2) is 23.1 Å². The Morgan fingerprint density at radius 3 is 2.53 bits per heavy atom. The van der Waals surface area contributed by atoms with E-state index in [4.69, 9.17) is 9.47 Å². The van der Waals surface area contributed by atoms with Crippen molar-refractivity contribution in [3.05, 3.63) is 48.6 Å². The van der Waals surface area contributed by atoms with Crippen molar-refractivity contribution in [2.75, 3.05) is 0 Å². The SMILES string of the molecule is C=C[C@H]1OC(C)(C)O[C@@H]1[C@@H](O)c1ccccc1. The van der Waals surface area contributed by atoms with Crippen LogP contribution in [0.15, 0.2) is 43.0 Å². The van der Waals surface area contributed by atoms with E-state index in [9.17, 15) is 5.11 Å². The molecule has 3 heteroatoms. The van der Waals surface area contributed by atoms with Crippen LogP contribution in [0.25, 0.3) is 0 Å². The van der Waals surface area contributed by atoms with Crippen LogP contribution in [0, 0.1) is 0 Å². The van der Waals surface area contributed by atoms with E-state index < -0.39 is 18.0 Å². The van der Waals surface area contributed by atoms with E-state index in [2.05, 4.69) is 6.58 Å². The standard InChI is InChI=1S/C14H18O3/c1-4-11-13(17-14(2,3)16-11)12(15)10-8-6-5-7-9-10/h4-9,11-13,15H,1H2,2-3H3/t11-,12+,13+/m1/s1. The summed E-state index contributed by atoms with van der Waals surface area (Å²) in [7, 11) is 0. The summed E-state index contributed by atoms with van der Waals surface area (Å²) in [4.78, 5) is 0. The van der Waals surface area contributed by atoms with Crippen LogP contribution in [0.1, 0.15) is 25.5 Å². The maximum atomic E-state index is 10.3. The van der Waals surface area contributed by atoms with Crippen molar-refractivity contribution in [2.45, 2.75) is 37.9 Å². The first kappa shape index (κ1) is 12.3. The zero-order valence-electron chi connectivity index (χ0n) is 10.2. The van der Waals surface area contributed by atoms with Gasteiger partial charge in [-0.3, -0.25) is 0 Å². The van der Waals surface area contributed by atoms with E-state index in [1.54, 1.807) is 6.08 Å². The van der Waals surface area contributed by atoms with Crippen LogP contribution in [0.4, 0.5) is 0 Å². The Morgan fingerprint density at radius 2 is 1.94 bits per heavy atom. The monoisotopic (exact) mass is 234 g/mol. The van der Waals surface area contributed by atoms with Crippen LogP contribution in [0.3, 0.4) is 0 Å². The van der Waals surface area contributed by atoms with Gasteiger partial charge in [0.15, 0.2) is 5.79 Å². The summed E-state index contributed by atoms with van der Waals surface area (Å²) in [5.74, 6) is -0.681. The van der Waals surface area contributed by atoms with Gasteiger partial charge in [-0.1, -0.05) is 36.4 Å². The number of hydrogen-bond acceptors (Lipinski definition) is 3. The molecule has 1 aromatic carbocycles. The molecule has 0 bridgehead atoms. The number of aliphatic hydroxyl groups is 1. The number of hydrogen-bond donors (Lipinski definition) is 1. The van der Waals surface area contributed by atoms with Crippen molar-refractivity contribution < 1.29 is 14.6 Å². The van der Waals surface area contributed by atoms with Crippen molar-refractivity contribution in [2.24, 2.45) is 0 Å². The molecule has 0 amide bonds. The molecular weight excluding hydrogens is 216 g/mol. The van der Waals surface area contributed by atoms with Gasteiger partial charge >= 0.3 is 0 Å². The van der Waals surface area contributed by atoms with E-state index in [1.807, 2.05) is 44.2 Å². The molecule has 0 spiro atoms. The molecule has 2 rings (SSSR count). The van der Waals surface area contributed by atoms with Gasteiger partial charge in [-0.2, -0.15) is 0 Å². The van der Waals surface area contributed by atoms with Crippen molar-refractivity contribution >= 4 is 0 Å². The Balaban J connectivity index is 2.19. The van der Waals surface area contributed by atoms with E-state index in [0.717, 1.165) is 5.56 Å². The van der Waals surface area contributed by atoms with Gasteiger partial charge in [-0.05, 0) is 19.4 Å². The summed E-state index contributed by atoms with van der Waals surface area (Å²) >= 11 is 0. The average molecular weight is 234 g/mol. The molecule has 0 unspecified atom stereocenters. The molecule has 1 fully saturated rings. The summed E-state index contributed by atoms with van der Waals surface area (Å²) < 4.78 is 11.4. The van der Waals surface area contributed by atoms with Gasteiger partial charge in [-0.25, -0.2) is 0 Å².